The topological polar surface area (TPSA) is 49.4 Å². The molecule has 2 amide bonds. The lowest BCUT2D eigenvalue weighted by Crippen LogP contribution is -2.48. The highest BCUT2D eigenvalue weighted by atomic mass is 32.2. The Kier molecular flexibility index (Phi) is 8.58. The summed E-state index contributed by atoms with van der Waals surface area (Å²) >= 11 is 1.59. The van der Waals surface area contributed by atoms with Gasteiger partial charge in [-0.25, -0.2) is 0 Å². The lowest BCUT2D eigenvalue weighted by molar-refractivity contribution is -0.139. The van der Waals surface area contributed by atoms with E-state index in [-0.39, 0.29) is 11.8 Å². The maximum atomic E-state index is 13.1. The van der Waals surface area contributed by atoms with Gasteiger partial charge < -0.3 is 10.2 Å². The molecule has 0 aliphatic rings. The minimum Gasteiger partial charge on any atom is -0.357 e. The molecular formula is C23H30N2O2S. The third-order valence-corrected chi connectivity index (χ3v) is 5.78. The molecule has 0 fully saturated rings. The largest absolute Gasteiger partial charge is 0.357 e. The molecule has 0 aliphatic heterocycles. The molecular weight excluding hydrogens is 368 g/mol. The Balaban J connectivity index is 2.11. The summed E-state index contributed by atoms with van der Waals surface area (Å²) in [6.45, 7) is 6.50. The lowest BCUT2D eigenvalue weighted by Gasteiger charge is -2.30. The normalized spacial score (nSPS) is 11.7. The fourth-order valence-corrected chi connectivity index (χ4v) is 4.18. The first kappa shape index (κ1) is 22.0. The zero-order chi connectivity index (χ0) is 20.5. The average molecular weight is 399 g/mol. The molecule has 0 saturated carbocycles. The van der Waals surface area contributed by atoms with Crippen molar-refractivity contribution in [2.24, 2.45) is 0 Å². The summed E-state index contributed by atoms with van der Waals surface area (Å²) in [5.41, 5.74) is 4.66. The predicted molar refractivity (Wildman–Crippen MR) is 117 cm³/mol. The summed E-state index contributed by atoms with van der Waals surface area (Å²) in [5, 5.41) is 2.70. The first-order chi connectivity index (χ1) is 13.5. The quantitative estimate of drug-likeness (QED) is 0.692. The molecule has 4 nitrogen and oxygen atoms in total. The number of likely N-dealkylation sites (N-methyl/N-ethyl adjacent to an activating group) is 1. The Morgan fingerprint density at radius 3 is 2.50 bits per heavy atom. The lowest BCUT2D eigenvalue weighted by atomic mass is 10.1. The number of hydrogen-bond acceptors (Lipinski definition) is 3. The van der Waals surface area contributed by atoms with Crippen LogP contribution in [0.4, 0.5) is 0 Å². The van der Waals surface area contributed by atoms with Gasteiger partial charge >= 0.3 is 0 Å². The number of benzene rings is 2. The standard InChI is InChI=1S/C23H30N2O2S/c1-5-21(23(27)24-4)25(14-19-11-8-9-17(2)13-19)22(26)16-28-15-20-12-7-6-10-18(20)3/h6-13,21H,5,14-16H2,1-4H3,(H,24,27). The van der Waals surface area contributed by atoms with Gasteiger partial charge in [0.15, 0.2) is 0 Å². The van der Waals surface area contributed by atoms with Crippen molar-refractivity contribution >= 4 is 23.6 Å². The average Bonchev–Trinajstić information content (AvgIpc) is 2.69. The highest BCUT2D eigenvalue weighted by molar-refractivity contribution is 7.99. The van der Waals surface area contributed by atoms with Crippen LogP contribution in [0, 0.1) is 13.8 Å². The number of carbonyl (C=O) groups is 2. The zero-order valence-corrected chi connectivity index (χ0v) is 18.0. The summed E-state index contributed by atoms with van der Waals surface area (Å²) in [4.78, 5) is 27.1. The Morgan fingerprint density at radius 1 is 1.11 bits per heavy atom. The number of amides is 2. The van der Waals surface area contributed by atoms with E-state index in [1.807, 2.05) is 44.2 Å². The summed E-state index contributed by atoms with van der Waals surface area (Å²) in [6, 6.07) is 15.8. The Morgan fingerprint density at radius 2 is 1.86 bits per heavy atom. The minimum atomic E-state index is -0.461. The van der Waals surface area contributed by atoms with Crippen molar-refractivity contribution in [1.29, 1.82) is 0 Å². The van der Waals surface area contributed by atoms with Crippen molar-refractivity contribution in [2.45, 2.75) is 45.5 Å². The number of carbonyl (C=O) groups excluding carboxylic acids is 2. The van der Waals surface area contributed by atoms with E-state index in [0.717, 1.165) is 16.9 Å². The Bertz CT molecular complexity index is 807. The Hall–Kier alpha value is -2.27. The van der Waals surface area contributed by atoms with Crippen molar-refractivity contribution < 1.29 is 9.59 Å². The van der Waals surface area contributed by atoms with Crippen LogP contribution in [0.3, 0.4) is 0 Å². The van der Waals surface area contributed by atoms with Crippen LogP contribution in [-0.2, 0) is 21.9 Å². The second-order valence-corrected chi connectivity index (χ2v) is 7.95. The third-order valence-electron chi connectivity index (χ3n) is 4.81. The molecule has 28 heavy (non-hydrogen) atoms. The van der Waals surface area contributed by atoms with Gasteiger partial charge in [-0.15, -0.1) is 11.8 Å². The number of thioether (sulfide) groups is 1. The molecule has 0 bridgehead atoms. The Labute approximate surface area is 172 Å². The van der Waals surface area contributed by atoms with Crippen molar-refractivity contribution in [1.82, 2.24) is 10.2 Å². The molecule has 0 aromatic heterocycles. The molecule has 150 valence electrons. The highest BCUT2D eigenvalue weighted by Crippen LogP contribution is 2.19. The van der Waals surface area contributed by atoms with Gasteiger partial charge in [0.05, 0.1) is 5.75 Å². The van der Waals surface area contributed by atoms with Crippen LogP contribution < -0.4 is 5.32 Å². The molecule has 0 radical (unpaired) electrons. The van der Waals surface area contributed by atoms with Gasteiger partial charge in [0.1, 0.15) is 6.04 Å². The van der Waals surface area contributed by atoms with E-state index in [1.165, 1.54) is 11.1 Å². The van der Waals surface area contributed by atoms with Crippen molar-refractivity contribution in [3.63, 3.8) is 0 Å². The maximum Gasteiger partial charge on any atom is 0.242 e. The molecule has 2 rings (SSSR count). The van der Waals surface area contributed by atoms with Crippen LogP contribution in [0.5, 0.6) is 0 Å². The van der Waals surface area contributed by atoms with Crippen LogP contribution in [0.2, 0.25) is 0 Å². The monoisotopic (exact) mass is 398 g/mol. The number of aryl methyl sites for hydroxylation is 2. The summed E-state index contributed by atoms with van der Waals surface area (Å²) < 4.78 is 0. The van der Waals surface area contributed by atoms with Crippen molar-refractivity contribution in [2.75, 3.05) is 12.8 Å². The number of rotatable bonds is 9. The van der Waals surface area contributed by atoms with E-state index in [0.29, 0.717) is 18.7 Å². The van der Waals surface area contributed by atoms with Gasteiger partial charge in [0.25, 0.3) is 0 Å². The molecule has 0 heterocycles. The smallest absolute Gasteiger partial charge is 0.242 e. The molecule has 1 unspecified atom stereocenters. The van der Waals surface area contributed by atoms with Gasteiger partial charge in [-0.05, 0) is 37.0 Å². The number of nitrogens with one attached hydrogen (secondary N) is 1. The molecule has 0 spiro atoms. The van der Waals surface area contributed by atoms with E-state index in [2.05, 4.69) is 30.4 Å². The minimum absolute atomic E-state index is 0.00413. The molecule has 1 N–H and O–H groups in total. The molecule has 2 aromatic rings. The highest BCUT2D eigenvalue weighted by Gasteiger charge is 2.27. The third kappa shape index (κ3) is 6.13. The zero-order valence-electron chi connectivity index (χ0n) is 17.2. The molecule has 5 heteroatoms. The van der Waals surface area contributed by atoms with Gasteiger partial charge in [-0.2, -0.15) is 0 Å². The second-order valence-electron chi connectivity index (χ2n) is 6.97. The van der Waals surface area contributed by atoms with E-state index >= 15 is 0 Å². The first-order valence-corrected chi connectivity index (χ1v) is 10.8. The van der Waals surface area contributed by atoms with Gasteiger partial charge in [-0.3, -0.25) is 9.59 Å². The van der Waals surface area contributed by atoms with Crippen molar-refractivity contribution in [3.05, 3.63) is 70.8 Å². The summed E-state index contributed by atoms with van der Waals surface area (Å²) in [5.74, 6) is 1.02. The predicted octanol–water partition coefficient (Wildman–Crippen LogP) is 4.09. The second kappa shape index (κ2) is 10.9. The van der Waals surface area contributed by atoms with Gasteiger partial charge in [0.2, 0.25) is 11.8 Å². The fraction of sp³-hybridized carbons (Fsp3) is 0.391. The summed E-state index contributed by atoms with van der Waals surface area (Å²) in [6.07, 6.45) is 0.583. The van der Waals surface area contributed by atoms with Crippen LogP contribution in [0.1, 0.15) is 35.6 Å². The van der Waals surface area contributed by atoms with Crippen LogP contribution in [0.15, 0.2) is 48.5 Å². The van der Waals surface area contributed by atoms with E-state index in [4.69, 9.17) is 0 Å². The van der Waals surface area contributed by atoms with E-state index in [1.54, 1.807) is 23.7 Å². The van der Waals surface area contributed by atoms with Gasteiger partial charge in [0, 0.05) is 19.3 Å². The van der Waals surface area contributed by atoms with Crippen molar-refractivity contribution in [3.8, 4) is 0 Å². The van der Waals surface area contributed by atoms with E-state index < -0.39 is 6.04 Å². The van der Waals surface area contributed by atoms with Gasteiger partial charge in [-0.1, -0.05) is 61.0 Å². The number of nitrogens with zero attached hydrogens (tertiary/aromatic N) is 1. The van der Waals surface area contributed by atoms with Crippen LogP contribution >= 0.6 is 11.8 Å². The first-order valence-electron chi connectivity index (χ1n) is 9.65. The molecule has 2 aromatic carbocycles. The number of hydrogen-bond donors (Lipinski definition) is 1. The molecule has 0 aliphatic carbocycles. The molecule has 0 saturated heterocycles. The fourth-order valence-electron chi connectivity index (χ4n) is 3.20. The van der Waals surface area contributed by atoms with E-state index in [9.17, 15) is 9.59 Å². The maximum absolute atomic E-state index is 13.1. The van der Waals surface area contributed by atoms with Crippen LogP contribution in [0.25, 0.3) is 0 Å². The summed E-state index contributed by atoms with van der Waals surface area (Å²) in [7, 11) is 1.62. The SMILES string of the molecule is CCC(C(=O)NC)N(Cc1cccc(C)c1)C(=O)CSCc1ccccc1C. The van der Waals surface area contributed by atoms with Crippen LogP contribution in [-0.4, -0.2) is 35.6 Å². The molecule has 1 atom stereocenters.